The lowest BCUT2D eigenvalue weighted by atomic mass is 10.0. The maximum atomic E-state index is 6.12. The van der Waals surface area contributed by atoms with Crippen molar-refractivity contribution in [1.82, 2.24) is 15.2 Å². The number of methoxy groups -OCH3 is 1. The number of hydrogen-bond donors (Lipinski definition) is 1. The van der Waals surface area contributed by atoms with Crippen LogP contribution in [0.4, 0.5) is 5.82 Å². The van der Waals surface area contributed by atoms with Crippen LogP contribution in [0.15, 0.2) is 48.5 Å². The van der Waals surface area contributed by atoms with Crippen LogP contribution in [0.5, 0.6) is 5.88 Å². The molecule has 0 fully saturated rings. The van der Waals surface area contributed by atoms with Gasteiger partial charge in [-0.1, -0.05) is 41.9 Å². The summed E-state index contributed by atoms with van der Waals surface area (Å²) in [6.45, 7) is 0. The predicted octanol–water partition coefficient (Wildman–Crippen LogP) is 3.45. The van der Waals surface area contributed by atoms with Crippen molar-refractivity contribution in [2.45, 2.75) is 0 Å². The smallest absolute Gasteiger partial charge is 0.233 e. The number of ether oxygens (including phenoxy) is 1. The van der Waals surface area contributed by atoms with Gasteiger partial charge in [0.2, 0.25) is 5.88 Å². The lowest BCUT2D eigenvalue weighted by Gasteiger charge is -2.10. The largest absolute Gasteiger partial charge is 0.480 e. The summed E-state index contributed by atoms with van der Waals surface area (Å²) >= 11 is 6.12. The molecule has 0 saturated carbocycles. The van der Waals surface area contributed by atoms with Crippen molar-refractivity contribution in [1.29, 1.82) is 0 Å². The van der Waals surface area contributed by atoms with Gasteiger partial charge in [-0.15, -0.1) is 10.2 Å². The van der Waals surface area contributed by atoms with Gasteiger partial charge < -0.3 is 10.5 Å². The minimum atomic E-state index is 0.283. The summed E-state index contributed by atoms with van der Waals surface area (Å²) in [5.41, 5.74) is 8.90. The van der Waals surface area contributed by atoms with Gasteiger partial charge in [0.1, 0.15) is 5.82 Å². The van der Waals surface area contributed by atoms with Crippen molar-refractivity contribution in [3.63, 3.8) is 0 Å². The Morgan fingerprint density at radius 3 is 2.45 bits per heavy atom. The third-order valence-electron chi connectivity index (χ3n) is 3.18. The van der Waals surface area contributed by atoms with E-state index in [1.807, 2.05) is 36.4 Å². The summed E-state index contributed by atoms with van der Waals surface area (Å²) in [5, 5.41) is 8.53. The quantitative estimate of drug-likeness (QED) is 0.801. The molecule has 5 nitrogen and oxygen atoms in total. The number of halogens is 1. The molecule has 0 radical (unpaired) electrons. The van der Waals surface area contributed by atoms with Crippen molar-refractivity contribution in [3.8, 4) is 28.4 Å². The van der Waals surface area contributed by atoms with E-state index in [9.17, 15) is 0 Å². The van der Waals surface area contributed by atoms with E-state index in [-0.39, 0.29) is 5.82 Å². The van der Waals surface area contributed by atoms with Gasteiger partial charge >= 0.3 is 0 Å². The van der Waals surface area contributed by atoms with Crippen LogP contribution in [-0.4, -0.2) is 22.3 Å². The fourth-order valence-corrected chi connectivity index (χ4v) is 2.24. The van der Waals surface area contributed by atoms with Gasteiger partial charge in [0.05, 0.1) is 23.5 Å². The average Bonchev–Trinajstić information content (AvgIpc) is 2.58. The van der Waals surface area contributed by atoms with Gasteiger partial charge in [0, 0.05) is 17.2 Å². The molecular weight excluding hydrogens is 300 g/mol. The fourth-order valence-electron chi connectivity index (χ4n) is 2.09. The second-order valence-corrected chi connectivity index (χ2v) is 4.99. The van der Waals surface area contributed by atoms with Gasteiger partial charge in [-0.2, -0.15) is 0 Å². The van der Waals surface area contributed by atoms with E-state index < -0.39 is 0 Å². The van der Waals surface area contributed by atoms with Crippen molar-refractivity contribution in [2.24, 2.45) is 0 Å². The van der Waals surface area contributed by atoms with Gasteiger partial charge in [-0.05, 0) is 12.1 Å². The first kappa shape index (κ1) is 14.3. The summed E-state index contributed by atoms with van der Waals surface area (Å²) < 4.78 is 5.03. The summed E-state index contributed by atoms with van der Waals surface area (Å²) in [6.07, 6.45) is 0. The molecular formula is C16H13ClN4O. The standard InChI is InChI=1S/C16H13ClN4O/c1-22-14-8-7-13(20-21-14)11-9-12(17)16(18)19-15(11)10-5-3-2-4-6-10/h2-9H,1H3,(H2,18,19). The molecule has 22 heavy (non-hydrogen) atoms. The summed E-state index contributed by atoms with van der Waals surface area (Å²) in [6, 6.07) is 15.0. The third kappa shape index (κ3) is 2.71. The van der Waals surface area contributed by atoms with Crippen LogP contribution < -0.4 is 10.5 Å². The minimum absolute atomic E-state index is 0.283. The highest BCUT2D eigenvalue weighted by atomic mass is 35.5. The lowest BCUT2D eigenvalue weighted by molar-refractivity contribution is 0.392. The van der Waals surface area contributed by atoms with Crippen LogP contribution >= 0.6 is 11.6 Å². The maximum absolute atomic E-state index is 6.12. The average molecular weight is 313 g/mol. The zero-order valence-corrected chi connectivity index (χ0v) is 12.6. The highest BCUT2D eigenvalue weighted by Gasteiger charge is 2.14. The first-order valence-electron chi connectivity index (χ1n) is 6.58. The molecule has 110 valence electrons. The number of hydrogen-bond acceptors (Lipinski definition) is 5. The van der Waals surface area contributed by atoms with Gasteiger partial charge in [-0.25, -0.2) is 4.98 Å². The summed E-state index contributed by atoms with van der Waals surface area (Å²) in [4.78, 5) is 4.41. The van der Waals surface area contributed by atoms with E-state index in [4.69, 9.17) is 22.1 Å². The normalized spacial score (nSPS) is 10.5. The number of aromatic nitrogens is 3. The number of pyridine rings is 1. The van der Waals surface area contributed by atoms with Crippen LogP contribution in [-0.2, 0) is 0 Å². The molecule has 0 bridgehead atoms. The molecule has 3 aromatic rings. The number of benzene rings is 1. The van der Waals surface area contributed by atoms with Crippen molar-refractivity contribution in [2.75, 3.05) is 12.8 Å². The number of nitrogen functional groups attached to an aromatic ring is 1. The molecule has 0 aliphatic carbocycles. The van der Waals surface area contributed by atoms with Crippen molar-refractivity contribution in [3.05, 3.63) is 53.6 Å². The van der Waals surface area contributed by atoms with Crippen LogP contribution in [0.3, 0.4) is 0 Å². The first-order chi connectivity index (χ1) is 10.7. The van der Waals surface area contributed by atoms with Gasteiger partial charge in [0.25, 0.3) is 0 Å². The zero-order chi connectivity index (χ0) is 15.5. The van der Waals surface area contributed by atoms with E-state index in [0.717, 1.165) is 11.1 Å². The Kier molecular flexibility index (Phi) is 3.89. The molecule has 2 N–H and O–H groups in total. The molecule has 0 aliphatic heterocycles. The van der Waals surface area contributed by atoms with Crippen molar-refractivity contribution >= 4 is 17.4 Å². The Balaban J connectivity index is 2.19. The first-order valence-corrected chi connectivity index (χ1v) is 6.96. The molecule has 1 aromatic carbocycles. The number of anilines is 1. The van der Waals surface area contributed by atoms with E-state index in [1.54, 1.807) is 19.2 Å². The highest BCUT2D eigenvalue weighted by Crippen LogP contribution is 2.33. The molecule has 2 heterocycles. The van der Waals surface area contributed by atoms with Crippen LogP contribution in [0, 0.1) is 0 Å². The van der Waals surface area contributed by atoms with E-state index >= 15 is 0 Å². The Hall–Kier alpha value is -2.66. The molecule has 0 aliphatic rings. The SMILES string of the molecule is COc1ccc(-c2cc(Cl)c(N)nc2-c2ccccc2)nn1. The van der Waals surface area contributed by atoms with E-state index in [1.165, 1.54) is 0 Å². The second-order valence-electron chi connectivity index (χ2n) is 4.58. The van der Waals surface area contributed by atoms with Crippen LogP contribution in [0.25, 0.3) is 22.5 Å². The van der Waals surface area contributed by atoms with Crippen LogP contribution in [0.2, 0.25) is 5.02 Å². The van der Waals surface area contributed by atoms with Crippen molar-refractivity contribution < 1.29 is 4.74 Å². The van der Waals surface area contributed by atoms with Crippen LogP contribution in [0.1, 0.15) is 0 Å². The zero-order valence-electron chi connectivity index (χ0n) is 11.8. The summed E-state index contributed by atoms with van der Waals surface area (Å²) in [7, 11) is 1.54. The van der Waals surface area contributed by atoms with E-state index in [2.05, 4.69) is 15.2 Å². The molecule has 0 saturated heterocycles. The molecule has 0 amide bonds. The highest BCUT2D eigenvalue weighted by molar-refractivity contribution is 6.33. The molecule has 0 unspecified atom stereocenters. The maximum Gasteiger partial charge on any atom is 0.233 e. The monoisotopic (exact) mass is 312 g/mol. The molecule has 0 spiro atoms. The minimum Gasteiger partial charge on any atom is -0.480 e. The van der Waals surface area contributed by atoms with Gasteiger partial charge in [-0.3, -0.25) is 0 Å². The lowest BCUT2D eigenvalue weighted by Crippen LogP contribution is -1.99. The Labute approximate surface area is 132 Å². The number of nitrogens with zero attached hydrogens (tertiary/aromatic N) is 3. The fraction of sp³-hybridized carbons (Fsp3) is 0.0625. The number of nitrogens with two attached hydrogens (primary N) is 1. The predicted molar refractivity (Wildman–Crippen MR) is 86.7 cm³/mol. The molecule has 2 aromatic heterocycles. The third-order valence-corrected chi connectivity index (χ3v) is 3.48. The molecule has 3 rings (SSSR count). The molecule has 6 heteroatoms. The Morgan fingerprint density at radius 2 is 1.82 bits per heavy atom. The van der Waals surface area contributed by atoms with E-state index in [0.29, 0.717) is 22.3 Å². The Bertz CT molecular complexity index is 791. The molecule has 0 atom stereocenters. The topological polar surface area (TPSA) is 73.9 Å². The Morgan fingerprint density at radius 1 is 1.05 bits per heavy atom. The number of rotatable bonds is 3. The van der Waals surface area contributed by atoms with Gasteiger partial charge in [0.15, 0.2) is 0 Å². The second kappa shape index (κ2) is 5.99. The summed E-state index contributed by atoms with van der Waals surface area (Å²) in [5.74, 6) is 0.727.